The molecule has 1 atom stereocenters. The molecule has 8 nitrogen and oxygen atoms in total. The molecular formula is C18H17N5O3. The Kier molecular flexibility index (Phi) is 5.02. The van der Waals surface area contributed by atoms with Gasteiger partial charge in [-0.2, -0.15) is 5.10 Å². The molecular weight excluding hydrogens is 334 g/mol. The van der Waals surface area contributed by atoms with Crippen LogP contribution in [-0.4, -0.2) is 26.6 Å². The largest absolute Gasteiger partial charge is 0.330 e. The van der Waals surface area contributed by atoms with Crippen molar-refractivity contribution >= 4 is 28.8 Å². The third kappa shape index (κ3) is 3.92. The normalized spacial score (nSPS) is 12.3. The van der Waals surface area contributed by atoms with Crippen LogP contribution < -0.4 is 5.43 Å². The van der Waals surface area contributed by atoms with Crippen LogP contribution in [0.2, 0.25) is 0 Å². The number of nitrogens with one attached hydrogen (secondary N) is 1. The van der Waals surface area contributed by atoms with E-state index in [2.05, 4.69) is 15.5 Å². The van der Waals surface area contributed by atoms with Crippen LogP contribution in [0.15, 0.2) is 60.0 Å². The van der Waals surface area contributed by atoms with Gasteiger partial charge in [-0.05, 0) is 12.1 Å². The number of fused-ring (bicyclic) bond motifs is 1. The molecule has 0 saturated heterocycles. The Hall–Kier alpha value is -3.55. The summed E-state index contributed by atoms with van der Waals surface area (Å²) in [6.07, 6.45) is 3.09. The summed E-state index contributed by atoms with van der Waals surface area (Å²) in [6.45, 7) is 2.27. The highest BCUT2D eigenvalue weighted by Crippen LogP contribution is 2.14. The van der Waals surface area contributed by atoms with E-state index in [1.807, 2.05) is 28.8 Å². The van der Waals surface area contributed by atoms with Crippen molar-refractivity contribution in [3.05, 3.63) is 70.5 Å². The van der Waals surface area contributed by atoms with Crippen molar-refractivity contribution in [2.24, 2.45) is 11.0 Å². The Bertz CT molecular complexity index is 980. The fourth-order valence-corrected chi connectivity index (χ4v) is 2.53. The number of carbonyl (C=O) groups excluding carboxylic acids is 1. The van der Waals surface area contributed by atoms with Gasteiger partial charge >= 0.3 is 0 Å². The lowest BCUT2D eigenvalue weighted by Crippen LogP contribution is -2.27. The first-order chi connectivity index (χ1) is 12.5. The maximum atomic E-state index is 12.2. The van der Waals surface area contributed by atoms with Gasteiger partial charge in [0.2, 0.25) is 5.91 Å². The molecule has 0 aliphatic rings. The summed E-state index contributed by atoms with van der Waals surface area (Å²) < 4.78 is 1.92. The first-order valence-corrected chi connectivity index (χ1v) is 8.02. The molecule has 1 heterocycles. The number of rotatable bonds is 6. The lowest BCUT2D eigenvalue weighted by molar-refractivity contribution is -0.384. The van der Waals surface area contributed by atoms with Crippen molar-refractivity contribution in [1.82, 2.24) is 15.0 Å². The molecule has 3 rings (SSSR count). The number of carbonyl (C=O) groups is 1. The number of hydrazone groups is 1. The van der Waals surface area contributed by atoms with E-state index in [0.717, 1.165) is 11.0 Å². The number of nitrogens with zero attached hydrogens (tertiary/aromatic N) is 4. The average molecular weight is 351 g/mol. The van der Waals surface area contributed by atoms with Gasteiger partial charge in [0.05, 0.1) is 34.4 Å². The molecule has 1 N–H and O–H groups in total. The molecule has 132 valence electrons. The van der Waals surface area contributed by atoms with Crippen molar-refractivity contribution in [2.45, 2.75) is 13.5 Å². The van der Waals surface area contributed by atoms with E-state index in [-0.39, 0.29) is 17.5 Å². The first-order valence-electron chi connectivity index (χ1n) is 8.02. The topological polar surface area (TPSA) is 102 Å². The minimum atomic E-state index is -0.479. The molecule has 26 heavy (non-hydrogen) atoms. The van der Waals surface area contributed by atoms with Crippen molar-refractivity contribution in [2.75, 3.05) is 0 Å². The van der Waals surface area contributed by atoms with E-state index < -0.39 is 4.92 Å². The quantitative estimate of drug-likeness (QED) is 0.419. The van der Waals surface area contributed by atoms with Crippen LogP contribution >= 0.6 is 0 Å². The monoisotopic (exact) mass is 351 g/mol. The Morgan fingerprint density at radius 3 is 2.96 bits per heavy atom. The van der Waals surface area contributed by atoms with Gasteiger partial charge in [0.1, 0.15) is 0 Å². The third-order valence-electron chi connectivity index (χ3n) is 3.91. The summed E-state index contributed by atoms with van der Waals surface area (Å²) >= 11 is 0. The van der Waals surface area contributed by atoms with Gasteiger partial charge in [0.25, 0.3) is 5.69 Å². The zero-order valence-corrected chi connectivity index (χ0v) is 14.1. The average Bonchev–Trinajstić information content (AvgIpc) is 3.05. The molecule has 0 fully saturated rings. The maximum Gasteiger partial charge on any atom is 0.270 e. The van der Waals surface area contributed by atoms with E-state index in [1.165, 1.54) is 18.3 Å². The Balaban J connectivity index is 1.61. The molecule has 8 heteroatoms. The molecule has 1 amide bonds. The number of benzene rings is 2. The van der Waals surface area contributed by atoms with E-state index in [0.29, 0.717) is 12.1 Å². The fraction of sp³-hybridized carbons (Fsp3) is 0.167. The number of aromatic nitrogens is 2. The first kappa shape index (κ1) is 17.3. The van der Waals surface area contributed by atoms with E-state index >= 15 is 0 Å². The third-order valence-corrected chi connectivity index (χ3v) is 3.91. The SMILES string of the molecule is C[C@H](Cn1cnc2ccccc21)C(=O)N/N=C\c1cccc([N+](=O)[O-])c1. The summed E-state index contributed by atoms with van der Waals surface area (Å²) in [5.74, 6) is -0.570. The molecule has 0 bridgehead atoms. The molecule has 0 unspecified atom stereocenters. The van der Waals surface area contributed by atoms with Gasteiger partial charge < -0.3 is 4.57 Å². The van der Waals surface area contributed by atoms with Gasteiger partial charge in [-0.15, -0.1) is 0 Å². The second-order valence-electron chi connectivity index (χ2n) is 5.87. The highest BCUT2D eigenvalue weighted by Gasteiger charge is 2.14. The van der Waals surface area contributed by atoms with Gasteiger partial charge in [-0.25, -0.2) is 10.4 Å². The molecule has 1 aromatic heterocycles. The number of non-ortho nitro benzene ring substituents is 1. The summed E-state index contributed by atoms with van der Waals surface area (Å²) in [5, 5.41) is 14.6. The van der Waals surface area contributed by atoms with Crippen LogP contribution in [0.5, 0.6) is 0 Å². The van der Waals surface area contributed by atoms with Crippen LogP contribution in [0.25, 0.3) is 11.0 Å². The van der Waals surface area contributed by atoms with Crippen LogP contribution in [0, 0.1) is 16.0 Å². The van der Waals surface area contributed by atoms with Gasteiger partial charge in [-0.3, -0.25) is 14.9 Å². The fourth-order valence-electron chi connectivity index (χ4n) is 2.53. The summed E-state index contributed by atoms with van der Waals surface area (Å²) in [7, 11) is 0. The smallest absolute Gasteiger partial charge is 0.270 e. The Labute approximate surface area is 149 Å². The highest BCUT2D eigenvalue weighted by molar-refractivity contribution is 5.84. The van der Waals surface area contributed by atoms with Crippen molar-refractivity contribution in [1.29, 1.82) is 0 Å². The van der Waals surface area contributed by atoms with Crippen molar-refractivity contribution in [3.8, 4) is 0 Å². The molecule has 0 saturated carbocycles. The molecule has 0 radical (unpaired) electrons. The minimum Gasteiger partial charge on any atom is -0.330 e. The van der Waals surface area contributed by atoms with Crippen molar-refractivity contribution < 1.29 is 9.72 Å². The van der Waals surface area contributed by atoms with E-state index in [9.17, 15) is 14.9 Å². The standard InChI is InChI=1S/C18H17N5O3/c1-13(11-22-12-19-16-7-2-3-8-17(16)22)18(24)21-20-10-14-5-4-6-15(9-14)23(25)26/h2-10,12-13H,11H2,1H3,(H,21,24)/b20-10-/t13-/m1/s1. The van der Waals surface area contributed by atoms with Gasteiger partial charge in [0.15, 0.2) is 0 Å². The van der Waals surface area contributed by atoms with Crippen molar-refractivity contribution in [3.63, 3.8) is 0 Å². The zero-order valence-electron chi connectivity index (χ0n) is 14.1. The van der Waals surface area contributed by atoms with Crippen LogP contribution in [0.1, 0.15) is 12.5 Å². The number of hydrogen-bond donors (Lipinski definition) is 1. The molecule has 0 aliphatic carbocycles. The van der Waals surface area contributed by atoms with E-state index in [4.69, 9.17) is 0 Å². The highest BCUT2D eigenvalue weighted by atomic mass is 16.6. The number of imidazole rings is 1. The molecule has 3 aromatic rings. The molecule has 0 spiro atoms. The zero-order chi connectivity index (χ0) is 18.5. The van der Waals surface area contributed by atoms with Gasteiger partial charge in [0, 0.05) is 24.2 Å². The summed E-state index contributed by atoms with van der Waals surface area (Å²) in [5.41, 5.74) is 4.82. The van der Waals surface area contributed by atoms with Gasteiger partial charge in [-0.1, -0.05) is 31.2 Å². The van der Waals surface area contributed by atoms with E-state index in [1.54, 1.807) is 25.4 Å². The molecule has 0 aliphatic heterocycles. The predicted octanol–water partition coefficient (Wildman–Crippen LogP) is 2.73. The summed E-state index contributed by atoms with van der Waals surface area (Å²) in [4.78, 5) is 26.8. The number of hydrogen-bond acceptors (Lipinski definition) is 5. The molecule has 2 aromatic carbocycles. The lowest BCUT2D eigenvalue weighted by atomic mass is 10.1. The number of amides is 1. The number of para-hydroxylation sites is 2. The van der Waals surface area contributed by atoms with Crippen LogP contribution in [0.4, 0.5) is 5.69 Å². The Morgan fingerprint density at radius 2 is 2.15 bits per heavy atom. The second-order valence-corrected chi connectivity index (χ2v) is 5.87. The maximum absolute atomic E-state index is 12.2. The summed E-state index contributed by atoms with van der Waals surface area (Å²) in [6, 6.07) is 13.7. The predicted molar refractivity (Wildman–Crippen MR) is 97.7 cm³/mol. The lowest BCUT2D eigenvalue weighted by Gasteiger charge is -2.11. The Morgan fingerprint density at radius 1 is 1.35 bits per heavy atom. The second kappa shape index (κ2) is 7.56. The van der Waals surface area contributed by atoms with Crippen LogP contribution in [0.3, 0.4) is 0 Å². The number of nitro benzene ring substituents is 1. The minimum absolute atomic E-state index is 0.0272. The van der Waals surface area contributed by atoms with Crippen LogP contribution in [-0.2, 0) is 11.3 Å². The number of nitro groups is 1.